The molecule has 0 bridgehead atoms. The molecule has 1 unspecified atom stereocenters. The Morgan fingerprint density at radius 3 is 2.71 bits per heavy atom. The molecule has 1 heterocycles. The Morgan fingerprint density at radius 1 is 1.21 bits per heavy atom. The fourth-order valence-corrected chi connectivity index (χ4v) is 3.57. The van der Waals surface area contributed by atoms with Crippen LogP contribution in [0.4, 0.5) is 11.4 Å². The van der Waals surface area contributed by atoms with Gasteiger partial charge in [-0.25, -0.2) is 0 Å². The van der Waals surface area contributed by atoms with Crippen LogP contribution < -0.4 is 20.3 Å². The maximum Gasteiger partial charge on any atom is 0.227 e. The fourth-order valence-electron chi connectivity index (χ4n) is 3.25. The first-order valence-corrected chi connectivity index (χ1v) is 10.0. The zero-order valence-corrected chi connectivity index (χ0v) is 17.4. The van der Waals surface area contributed by atoms with Crippen molar-refractivity contribution >= 4 is 34.6 Å². The average molecular weight is 398 g/mol. The summed E-state index contributed by atoms with van der Waals surface area (Å²) in [6.07, 6.45) is 1.53. The lowest BCUT2D eigenvalue weighted by atomic mass is 10.1. The number of ether oxygens (including phenoxy) is 1. The molecule has 1 aliphatic heterocycles. The quantitative estimate of drug-likeness (QED) is 0.716. The maximum atomic E-state index is 12.1. The molecule has 1 amide bonds. The molecule has 0 radical (unpaired) electrons. The third kappa shape index (κ3) is 5.01. The topological polar surface area (TPSA) is 53.6 Å². The number of carbonyl (C=O) groups excluding carboxylic acids is 1. The number of hydrogen-bond donors (Lipinski definition) is 2. The van der Waals surface area contributed by atoms with E-state index in [-0.39, 0.29) is 11.9 Å². The second-order valence-corrected chi connectivity index (χ2v) is 7.63. The van der Waals surface area contributed by atoms with Gasteiger partial charge in [-0.05, 0) is 68.7 Å². The monoisotopic (exact) mass is 397 g/mol. The van der Waals surface area contributed by atoms with Crippen molar-refractivity contribution in [2.24, 2.45) is 0 Å². The molecule has 28 heavy (non-hydrogen) atoms. The summed E-state index contributed by atoms with van der Waals surface area (Å²) in [4.78, 5) is 13.9. The molecule has 2 aromatic rings. The highest BCUT2D eigenvalue weighted by atomic mass is 32.1. The van der Waals surface area contributed by atoms with Crippen molar-refractivity contribution in [2.45, 2.75) is 39.7 Å². The zero-order chi connectivity index (χ0) is 20.1. The maximum absolute atomic E-state index is 12.1. The van der Waals surface area contributed by atoms with Gasteiger partial charge in [-0.3, -0.25) is 4.79 Å². The van der Waals surface area contributed by atoms with E-state index in [1.807, 2.05) is 68.1 Å². The molecule has 148 valence electrons. The van der Waals surface area contributed by atoms with Crippen LogP contribution in [0.5, 0.6) is 5.75 Å². The molecule has 1 fully saturated rings. The van der Waals surface area contributed by atoms with E-state index in [0.29, 0.717) is 18.1 Å². The van der Waals surface area contributed by atoms with Gasteiger partial charge in [-0.15, -0.1) is 0 Å². The van der Waals surface area contributed by atoms with Crippen molar-refractivity contribution in [3.05, 3.63) is 53.6 Å². The lowest BCUT2D eigenvalue weighted by Gasteiger charge is -2.21. The van der Waals surface area contributed by atoms with Crippen molar-refractivity contribution < 1.29 is 9.53 Å². The van der Waals surface area contributed by atoms with Gasteiger partial charge < -0.3 is 20.3 Å². The SMILES string of the molecule is Cc1ccccc1OCC(C)NC(=S)Nc1ccc(C)c(N2CCCC2=O)c1. The standard InChI is InChI=1S/C22H27N3O2S/c1-15-10-11-18(13-19(15)25-12-6-9-21(25)26)24-22(28)23-17(3)14-27-20-8-5-4-7-16(20)2/h4-5,7-8,10-11,13,17H,6,9,12,14H2,1-3H3,(H2,23,24,28). The van der Waals surface area contributed by atoms with Crippen molar-refractivity contribution in [3.63, 3.8) is 0 Å². The Bertz CT molecular complexity index is 869. The second-order valence-electron chi connectivity index (χ2n) is 7.23. The summed E-state index contributed by atoms with van der Waals surface area (Å²) in [5.41, 5.74) is 4.01. The van der Waals surface area contributed by atoms with Gasteiger partial charge in [-0.2, -0.15) is 0 Å². The Kier molecular flexibility index (Phi) is 6.52. The average Bonchev–Trinajstić information content (AvgIpc) is 3.08. The molecule has 0 saturated carbocycles. The van der Waals surface area contributed by atoms with E-state index in [4.69, 9.17) is 17.0 Å². The Labute approximate surface area is 172 Å². The first kappa shape index (κ1) is 20.1. The van der Waals surface area contributed by atoms with Crippen molar-refractivity contribution in [1.29, 1.82) is 0 Å². The molecule has 6 heteroatoms. The number of anilines is 2. The number of para-hydroxylation sites is 1. The lowest BCUT2D eigenvalue weighted by Crippen LogP contribution is -2.39. The van der Waals surface area contributed by atoms with Crippen LogP contribution in [0.3, 0.4) is 0 Å². The summed E-state index contributed by atoms with van der Waals surface area (Å²) >= 11 is 5.44. The van der Waals surface area contributed by atoms with Gasteiger partial charge >= 0.3 is 0 Å². The lowest BCUT2D eigenvalue weighted by molar-refractivity contribution is -0.117. The Balaban J connectivity index is 1.55. The molecule has 1 aliphatic rings. The molecule has 2 aromatic carbocycles. The van der Waals surface area contributed by atoms with E-state index >= 15 is 0 Å². The minimum Gasteiger partial charge on any atom is -0.491 e. The summed E-state index contributed by atoms with van der Waals surface area (Å²) < 4.78 is 5.87. The van der Waals surface area contributed by atoms with Crippen LogP contribution >= 0.6 is 12.2 Å². The molecule has 1 atom stereocenters. The molecule has 3 rings (SSSR count). The smallest absolute Gasteiger partial charge is 0.227 e. The third-order valence-electron chi connectivity index (χ3n) is 4.79. The Morgan fingerprint density at radius 2 is 2.00 bits per heavy atom. The first-order valence-electron chi connectivity index (χ1n) is 9.61. The van der Waals surface area contributed by atoms with Crippen LogP contribution in [0.2, 0.25) is 0 Å². The van der Waals surface area contributed by atoms with E-state index in [1.54, 1.807) is 0 Å². The van der Waals surface area contributed by atoms with Crippen LogP contribution in [0.1, 0.15) is 30.9 Å². The van der Waals surface area contributed by atoms with Gasteiger partial charge in [0.05, 0.1) is 6.04 Å². The number of aryl methyl sites for hydroxylation is 2. The van der Waals surface area contributed by atoms with Crippen molar-refractivity contribution in [1.82, 2.24) is 5.32 Å². The molecule has 0 aromatic heterocycles. The number of thiocarbonyl (C=S) groups is 1. The number of amides is 1. The molecule has 5 nitrogen and oxygen atoms in total. The highest BCUT2D eigenvalue weighted by molar-refractivity contribution is 7.80. The zero-order valence-electron chi connectivity index (χ0n) is 16.6. The van der Waals surface area contributed by atoms with Gasteiger partial charge in [0, 0.05) is 24.3 Å². The summed E-state index contributed by atoms with van der Waals surface area (Å²) in [6.45, 7) is 7.36. The van der Waals surface area contributed by atoms with E-state index in [9.17, 15) is 4.79 Å². The predicted molar refractivity (Wildman–Crippen MR) is 118 cm³/mol. The number of nitrogens with one attached hydrogen (secondary N) is 2. The van der Waals surface area contributed by atoms with Crippen LogP contribution in [0, 0.1) is 13.8 Å². The Hall–Kier alpha value is -2.60. The van der Waals surface area contributed by atoms with E-state index in [0.717, 1.165) is 41.2 Å². The van der Waals surface area contributed by atoms with Crippen molar-refractivity contribution in [2.75, 3.05) is 23.4 Å². The van der Waals surface area contributed by atoms with Gasteiger partial charge in [0.2, 0.25) is 5.91 Å². The van der Waals surface area contributed by atoms with E-state index < -0.39 is 0 Å². The van der Waals surface area contributed by atoms with Gasteiger partial charge in [-0.1, -0.05) is 24.3 Å². The first-order chi connectivity index (χ1) is 13.4. The number of hydrogen-bond acceptors (Lipinski definition) is 3. The van der Waals surface area contributed by atoms with Crippen LogP contribution in [-0.2, 0) is 4.79 Å². The number of carbonyl (C=O) groups is 1. The largest absolute Gasteiger partial charge is 0.491 e. The van der Waals surface area contributed by atoms with E-state index in [2.05, 4.69) is 10.6 Å². The minimum atomic E-state index is 0.0460. The summed E-state index contributed by atoms with van der Waals surface area (Å²) in [5, 5.41) is 6.99. The third-order valence-corrected chi connectivity index (χ3v) is 5.01. The fraction of sp³-hybridized carbons (Fsp3) is 0.364. The normalized spacial score (nSPS) is 14.7. The van der Waals surface area contributed by atoms with Gasteiger partial charge in [0.1, 0.15) is 12.4 Å². The molecular formula is C22H27N3O2S. The number of nitrogens with zero attached hydrogens (tertiary/aromatic N) is 1. The molecule has 0 spiro atoms. The molecule has 1 saturated heterocycles. The van der Waals surface area contributed by atoms with E-state index in [1.165, 1.54) is 0 Å². The summed E-state index contributed by atoms with van der Waals surface area (Å²) in [6, 6.07) is 14.0. The predicted octanol–water partition coefficient (Wildman–Crippen LogP) is 4.18. The van der Waals surface area contributed by atoms with Crippen LogP contribution in [0.15, 0.2) is 42.5 Å². The molecule has 0 aliphatic carbocycles. The van der Waals surface area contributed by atoms with Crippen LogP contribution in [-0.4, -0.2) is 30.2 Å². The van der Waals surface area contributed by atoms with Crippen LogP contribution in [0.25, 0.3) is 0 Å². The highest BCUT2D eigenvalue weighted by Crippen LogP contribution is 2.28. The summed E-state index contributed by atoms with van der Waals surface area (Å²) in [7, 11) is 0. The van der Waals surface area contributed by atoms with Gasteiger partial charge in [0.15, 0.2) is 5.11 Å². The second kappa shape index (κ2) is 9.06. The molecule has 2 N–H and O–H groups in total. The minimum absolute atomic E-state index is 0.0460. The van der Waals surface area contributed by atoms with Gasteiger partial charge in [0.25, 0.3) is 0 Å². The summed E-state index contributed by atoms with van der Waals surface area (Å²) in [5.74, 6) is 1.07. The number of rotatable bonds is 6. The van der Waals surface area contributed by atoms with Crippen molar-refractivity contribution in [3.8, 4) is 5.75 Å². The molecular weight excluding hydrogens is 370 g/mol. The number of benzene rings is 2. The highest BCUT2D eigenvalue weighted by Gasteiger charge is 2.23.